The summed E-state index contributed by atoms with van der Waals surface area (Å²) in [4.78, 5) is 12.9. The lowest BCUT2D eigenvalue weighted by Crippen LogP contribution is -2.49. The number of rotatable bonds is 5. The number of piperidine rings is 1. The van der Waals surface area contributed by atoms with Gasteiger partial charge in [0.25, 0.3) is 5.92 Å². The van der Waals surface area contributed by atoms with Crippen molar-refractivity contribution in [2.24, 2.45) is 5.92 Å². The Morgan fingerprint density at radius 2 is 1.86 bits per heavy atom. The molecule has 3 aromatic rings. The molecule has 0 saturated carbocycles. The van der Waals surface area contributed by atoms with E-state index in [0.717, 1.165) is 54.5 Å². The molecule has 190 valence electrons. The topological polar surface area (TPSA) is 72.2 Å². The van der Waals surface area contributed by atoms with E-state index in [2.05, 4.69) is 29.6 Å². The second-order valence-corrected chi connectivity index (χ2v) is 10.4. The number of hydrogen-bond donors (Lipinski definition) is 0. The summed E-state index contributed by atoms with van der Waals surface area (Å²) in [5, 5.41) is 9.67. The third-order valence-corrected chi connectivity index (χ3v) is 7.72. The van der Waals surface area contributed by atoms with Gasteiger partial charge >= 0.3 is 0 Å². The fraction of sp³-hybridized carbons (Fsp3) is 0.520. The first-order valence-electron chi connectivity index (χ1n) is 12.3. The summed E-state index contributed by atoms with van der Waals surface area (Å²) in [7, 11) is 0. The minimum Gasteiger partial charge on any atom is -0.380 e. The van der Waals surface area contributed by atoms with Crippen LogP contribution < -0.4 is 4.90 Å². The lowest BCUT2D eigenvalue weighted by molar-refractivity contribution is -0.179. The van der Waals surface area contributed by atoms with Crippen molar-refractivity contribution in [2.75, 3.05) is 37.7 Å². The molecule has 36 heavy (non-hydrogen) atoms. The van der Waals surface area contributed by atoms with E-state index >= 15 is 0 Å². The number of halogens is 3. The Morgan fingerprint density at radius 3 is 2.58 bits per heavy atom. The van der Waals surface area contributed by atoms with Crippen LogP contribution in [0, 0.1) is 12.8 Å². The van der Waals surface area contributed by atoms with Gasteiger partial charge in [0, 0.05) is 43.0 Å². The number of hydrogen-bond acceptors (Lipinski definition) is 7. The predicted molar refractivity (Wildman–Crippen MR) is 131 cm³/mol. The SMILES string of the molecule is Cc1nccnc1N1CCC(c2nnc3n2-c2ccc(Cl)cc2CN(CC(F)(F)C2COC2)C3)CC1. The molecule has 0 unspecified atom stereocenters. The molecule has 0 radical (unpaired) electrons. The number of aryl methyl sites for hydroxylation is 1. The van der Waals surface area contributed by atoms with Crippen molar-refractivity contribution in [3.05, 3.63) is 58.5 Å². The first-order valence-corrected chi connectivity index (χ1v) is 12.7. The summed E-state index contributed by atoms with van der Waals surface area (Å²) in [5.41, 5.74) is 2.73. The highest BCUT2D eigenvalue weighted by molar-refractivity contribution is 6.30. The van der Waals surface area contributed by atoms with Gasteiger partial charge in [-0.25, -0.2) is 13.8 Å². The molecule has 0 bridgehead atoms. The van der Waals surface area contributed by atoms with Gasteiger partial charge in [-0.1, -0.05) is 11.6 Å². The van der Waals surface area contributed by atoms with Crippen molar-refractivity contribution in [1.82, 2.24) is 29.6 Å². The van der Waals surface area contributed by atoms with Gasteiger partial charge in [0.15, 0.2) is 5.82 Å². The molecule has 0 spiro atoms. The second-order valence-electron chi connectivity index (χ2n) is 9.95. The first-order chi connectivity index (χ1) is 17.4. The Balaban J connectivity index is 1.28. The van der Waals surface area contributed by atoms with Crippen LogP contribution in [0.1, 0.15) is 41.7 Å². The zero-order valence-electron chi connectivity index (χ0n) is 20.1. The zero-order valence-corrected chi connectivity index (χ0v) is 20.8. The minimum atomic E-state index is -2.83. The van der Waals surface area contributed by atoms with Crippen molar-refractivity contribution >= 4 is 17.4 Å². The number of aromatic nitrogens is 5. The summed E-state index contributed by atoms with van der Waals surface area (Å²) < 4.78 is 36.9. The van der Waals surface area contributed by atoms with Crippen molar-refractivity contribution in [1.29, 1.82) is 0 Å². The normalized spacial score (nSPS) is 19.5. The summed E-state index contributed by atoms with van der Waals surface area (Å²) in [6.07, 6.45) is 5.21. The average molecular weight is 516 g/mol. The van der Waals surface area contributed by atoms with E-state index in [4.69, 9.17) is 16.3 Å². The third-order valence-electron chi connectivity index (χ3n) is 7.48. The highest BCUT2D eigenvalue weighted by Crippen LogP contribution is 2.37. The summed E-state index contributed by atoms with van der Waals surface area (Å²) in [6, 6.07) is 5.66. The summed E-state index contributed by atoms with van der Waals surface area (Å²) in [5.74, 6) is -0.895. The Labute approximate surface area is 213 Å². The Bertz CT molecular complexity index is 1260. The molecule has 2 saturated heterocycles. The first kappa shape index (κ1) is 23.7. The van der Waals surface area contributed by atoms with Crippen molar-refractivity contribution in [3.63, 3.8) is 0 Å². The van der Waals surface area contributed by atoms with Crippen LogP contribution >= 0.6 is 11.6 Å². The molecular formula is C25H28ClF2N7O. The van der Waals surface area contributed by atoms with Gasteiger partial charge < -0.3 is 9.64 Å². The highest BCUT2D eigenvalue weighted by atomic mass is 35.5. The van der Waals surface area contributed by atoms with Gasteiger partial charge in [-0.15, -0.1) is 10.2 Å². The number of alkyl halides is 2. The van der Waals surface area contributed by atoms with Gasteiger partial charge in [-0.3, -0.25) is 14.5 Å². The Hall–Kier alpha value is -2.69. The molecule has 0 aliphatic carbocycles. The van der Waals surface area contributed by atoms with Gasteiger partial charge in [-0.2, -0.15) is 0 Å². The van der Waals surface area contributed by atoms with E-state index in [-0.39, 0.29) is 25.7 Å². The van der Waals surface area contributed by atoms with Gasteiger partial charge in [-0.05, 0) is 43.5 Å². The quantitative estimate of drug-likeness (QED) is 0.508. The largest absolute Gasteiger partial charge is 0.380 e. The van der Waals surface area contributed by atoms with Crippen LogP contribution in [-0.4, -0.2) is 68.4 Å². The lowest BCUT2D eigenvalue weighted by atomic mass is 9.95. The van der Waals surface area contributed by atoms with Gasteiger partial charge in [0.05, 0.1) is 43.6 Å². The van der Waals surface area contributed by atoms with Crippen LogP contribution in [0.15, 0.2) is 30.6 Å². The lowest BCUT2D eigenvalue weighted by Gasteiger charge is -2.36. The molecule has 11 heteroatoms. The van der Waals surface area contributed by atoms with E-state index in [0.29, 0.717) is 23.9 Å². The molecule has 8 nitrogen and oxygen atoms in total. The van der Waals surface area contributed by atoms with Crippen LogP contribution in [-0.2, 0) is 17.8 Å². The zero-order chi connectivity index (χ0) is 24.9. The summed E-state index contributed by atoms with van der Waals surface area (Å²) in [6.45, 7) is 4.16. The Morgan fingerprint density at radius 1 is 1.08 bits per heavy atom. The molecule has 5 heterocycles. The van der Waals surface area contributed by atoms with E-state index in [1.165, 1.54) is 0 Å². The molecular weight excluding hydrogens is 488 g/mol. The molecule has 2 aromatic heterocycles. The monoisotopic (exact) mass is 515 g/mol. The van der Waals surface area contributed by atoms with E-state index in [1.54, 1.807) is 17.3 Å². The number of anilines is 1. The number of fused-ring (bicyclic) bond motifs is 3. The molecule has 2 fully saturated rings. The Kier molecular flexibility index (Phi) is 6.13. The smallest absolute Gasteiger partial charge is 0.267 e. The molecule has 3 aliphatic rings. The molecule has 3 aliphatic heterocycles. The van der Waals surface area contributed by atoms with Crippen molar-refractivity contribution in [2.45, 2.75) is 44.7 Å². The fourth-order valence-corrected chi connectivity index (χ4v) is 5.63. The highest BCUT2D eigenvalue weighted by Gasteiger charge is 2.45. The van der Waals surface area contributed by atoms with E-state index in [1.807, 2.05) is 25.1 Å². The minimum absolute atomic E-state index is 0.108. The van der Waals surface area contributed by atoms with E-state index in [9.17, 15) is 8.78 Å². The van der Waals surface area contributed by atoms with Crippen LogP contribution in [0.5, 0.6) is 0 Å². The predicted octanol–water partition coefficient (Wildman–Crippen LogP) is 4.00. The van der Waals surface area contributed by atoms with Crippen LogP contribution in [0.2, 0.25) is 5.02 Å². The van der Waals surface area contributed by atoms with Crippen molar-refractivity contribution in [3.8, 4) is 5.69 Å². The van der Waals surface area contributed by atoms with E-state index < -0.39 is 11.8 Å². The maximum Gasteiger partial charge on any atom is 0.267 e. The number of benzene rings is 1. The van der Waals surface area contributed by atoms with Crippen LogP contribution in [0.4, 0.5) is 14.6 Å². The fourth-order valence-electron chi connectivity index (χ4n) is 5.43. The molecule has 0 atom stereocenters. The average Bonchev–Trinajstić information content (AvgIpc) is 3.14. The molecule has 0 amide bonds. The maximum absolute atomic E-state index is 14.9. The standard InChI is InChI=1S/C25H28ClF2N7O/c1-16-23(30-7-6-29-16)34-8-4-17(5-9-34)24-32-31-22-12-33(15-25(27,28)19-13-36-14-19)11-18-10-20(26)2-3-21(18)35(22)24/h2-3,6-7,10,17,19H,4-5,8-9,11-15H2,1H3. The third kappa shape index (κ3) is 4.35. The van der Waals surface area contributed by atoms with Crippen molar-refractivity contribution < 1.29 is 13.5 Å². The summed E-state index contributed by atoms with van der Waals surface area (Å²) >= 11 is 6.33. The van der Waals surface area contributed by atoms with Gasteiger partial charge in [0.1, 0.15) is 11.6 Å². The second kappa shape index (κ2) is 9.32. The molecule has 1 aromatic carbocycles. The molecule has 6 rings (SSSR count). The van der Waals surface area contributed by atoms with Gasteiger partial charge in [0.2, 0.25) is 0 Å². The molecule has 0 N–H and O–H groups in total. The number of nitrogens with zero attached hydrogens (tertiary/aromatic N) is 7. The van der Waals surface area contributed by atoms with Crippen LogP contribution in [0.25, 0.3) is 5.69 Å². The maximum atomic E-state index is 14.9. The van der Waals surface area contributed by atoms with Crippen LogP contribution in [0.3, 0.4) is 0 Å². The number of ether oxygens (including phenoxy) is 1.